The van der Waals surface area contributed by atoms with Crippen molar-refractivity contribution in [1.82, 2.24) is 5.32 Å². The second kappa shape index (κ2) is 8.94. The van der Waals surface area contributed by atoms with Crippen LogP contribution in [0.2, 0.25) is 0 Å². The van der Waals surface area contributed by atoms with E-state index in [9.17, 15) is 13.2 Å². The lowest BCUT2D eigenvalue weighted by Crippen LogP contribution is -2.27. The van der Waals surface area contributed by atoms with Gasteiger partial charge >= 0.3 is 0 Å². The number of carbonyl (C=O) groups is 1. The maximum Gasteiger partial charge on any atom is 0.251 e. The molecule has 1 aliphatic heterocycles. The average Bonchev–Trinajstić information content (AvgIpc) is 3.22. The molecular formula is C25H26N2O3S. The van der Waals surface area contributed by atoms with Crippen molar-refractivity contribution >= 4 is 21.6 Å². The number of anilines is 1. The van der Waals surface area contributed by atoms with Gasteiger partial charge in [-0.25, -0.2) is 8.42 Å². The van der Waals surface area contributed by atoms with E-state index >= 15 is 0 Å². The van der Waals surface area contributed by atoms with E-state index in [1.54, 1.807) is 12.1 Å². The molecule has 0 aromatic heterocycles. The van der Waals surface area contributed by atoms with Crippen LogP contribution >= 0.6 is 0 Å². The number of hydrogen-bond acceptors (Lipinski definition) is 3. The number of fused-ring (bicyclic) bond motifs is 1. The monoisotopic (exact) mass is 434 g/mol. The second-order valence-electron chi connectivity index (χ2n) is 7.85. The van der Waals surface area contributed by atoms with Gasteiger partial charge in [0, 0.05) is 24.6 Å². The van der Waals surface area contributed by atoms with Crippen molar-refractivity contribution < 1.29 is 13.2 Å². The molecule has 1 amide bonds. The van der Waals surface area contributed by atoms with Crippen LogP contribution in [0.25, 0.3) is 0 Å². The van der Waals surface area contributed by atoms with Crippen molar-refractivity contribution in [3.05, 3.63) is 101 Å². The summed E-state index contributed by atoms with van der Waals surface area (Å²) in [7, 11) is -3.29. The minimum atomic E-state index is -3.29. The van der Waals surface area contributed by atoms with Crippen molar-refractivity contribution in [2.24, 2.45) is 0 Å². The Hall–Kier alpha value is -3.12. The summed E-state index contributed by atoms with van der Waals surface area (Å²) in [5, 5.41) is 3.03. The Balaban J connectivity index is 1.44. The molecule has 6 heteroatoms. The fraction of sp³-hybridized carbons (Fsp3) is 0.240. The molecule has 4 rings (SSSR count). The van der Waals surface area contributed by atoms with E-state index in [0.717, 1.165) is 12.0 Å². The number of benzene rings is 3. The predicted molar refractivity (Wildman–Crippen MR) is 124 cm³/mol. The van der Waals surface area contributed by atoms with Crippen LogP contribution in [0.3, 0.4) is 0 Å². The first-order valence-corrected chi connectivity index (χ1v) is 12.3. The maximum atomic E-state index is 12.7. The van der Waals surface area contributed by atoms with Crippen molar-refractivity contribution in [2.45, 2.75) is 18.8 Å². The zero-order valence-electron chi connectivity index (χ0n) is 17.5. The normalized spacial score (nSPS) is 13.3. The average molecular weight is 435 g/mol. The molecule has 31 heavy (non-hydrogen) atoms. The van der Waals surface area contributed by atoms with Crippen LogP contribution in [0.15, 0.2) is 78.9 Å². The number of rotatable bonds is 7. The van der Waals surface area contributed by atoms with Gasteiger partial charge in [0.15, 0.2) is 0 Å². The minimum absolute atomic E-state index is 0.138. The summed E-state index contributed by atoms with van der Waals surface area (Å²) in [6.45, 7) is 0.967. The summed E-state index contributed by atoms with van der Waals surface area (Å²) < 4.78 is 25.2. The van der Waals surface area contributed by atoms with Gasteiger partial charge in [0.25, 0.3) is 5.91 Å². The Morgan fingerprint density at radius 1 is 0.968 bits per heavy atom. The molecule has 5 nitrogen and oxygen atoms in total. The standard InChI is InChI=1S/C25H26N2O3S/c1-31(29,30)27-17-15-21-18-22(12-13-24(21)27)25(28)26-16-14-23(19-8-4-2-5-9-19)20-10-6-3-7-11-20/h2-13,18,23H,14-17H2,1H3,(H,26,28). The van der Waals surface area contributed by atoms with Crippen molar-refractivity contribution in [2.75, 3.05) is 23.7 Å². The summed E-state index contributed by atoms with van der Waals surface area (Å²) in [5.41, 5.74) is 4.57. The molecule has 1 heterocycles. The predicted octanol–water partition coefficient (Wildman–Crippen LogP) is 3.96. The van der Waals surface area contributed by atoms with Crippen LogP contribution in [0.1, 0.15) is 39.4 Å². The Morgan fingerprint density at radius 2 is 1.58 bits per heavy atom. The van der Waals surface area contributed by atoms with E-state index in [4.69, 9.17) is 0 Å². The highest BCUT2D eigenvalue weighted by Crippen LogP contribution is 2.31. The van der Waals surface area contributed by atoms with Crippen LogP contribution in [0.4, 0.5) is 5.69 Å². The number of amides is 1. The number of nitrogens with one attached hydrogen (secondary N) is 1. The molecule has 0 radical (unpaired) electrons. The van der Waals surface area contributed by atoms with E-state index < -0.39 is 10.0 Å². The summed E-state index contributed by atoms with van der Waals surface area (Å²) in [6.07, 6.45) is 2.61. The van der Waals surface area contributed by atoms with Crippen LogP contribution in [0.5, 0.6) is 0 Å². The molecule has 0 bridgehead atoms. The van der Waals surface area contributed by atoms with Crippen LogP contribution in [-0.4, -0.2) is 33.7 Å². The summed E-state index contributed by atoms with van der Waals surface area (Å²) >= 11 is 0. The van der Waals surface area contributed by atoms with Gasteiger partial charge in [-0.2, -0.15) is 0 Å². The van der Waals surface area contributed by atoms with Crippen molar-refractivity contribution in [3.8, 4) is 0 Å². The second-order valence-corrected chi connectivity index (χ2v) is 9.75. The molecule has 3 aromatic rings. The van der Waals surface area contributed by atoms with Gasteiger partial charge in [-0.15, -0.1) is 0 Å². The Bertz CT molecular complexity index is 1120. The molecule has 3 aromatic carbocycles. The molecule has 0 aliphatic carbocycles. The Kier molecular flexibility index (Phi) is 6.09. The number of sulfonamides is 1. The molecule has 0 atom stereocenters. The topological polar surface area (TPSA) is 66.5 Å². The lowest BCUT2D eigenvalue weighted by molar-refractivity contribution is 0.0952. The molecule has 0 saturated heterocycles. The third-order valence-corrected chi connectivity index (χ3v) is 6.90. The molecule has 0 spiro atoms. The molecule has 0 saturated carbocycles. The van der Waals surface area contributed by atoms with Gasteiger partial charge in [-0.1, -0.05) is 60.7 Å². The quantitative estimate of drug-likeness (QED) is 0.612. The zero-order chi connectivity index (χ0) is 21.8. The van der Waals surface area contributed by atoms with E-state index in [1.807, 2.05) is 42.5 Å². The maximum absolute atomic E-state index is 12.7. The smallest absolute Gasteiger partial charge is 0.251 e. The Morgan fingerprint density at radius 3 is 2.16 bits per heavy atom. The SMILES string of the molecule is CS(=O)(=O)N1CCc2cc(C(=O)NCCC(c3ccccc3)c3ccccc3)ccc21. The third kappa shape index (κ3) is 4.80. The lowest BCUT2D eigenvalue weighted by Gasteiger charge is -2.19. The van der Waals surface area contributed by atoms with E-state index in [-0.39, 0.29) is 11.8 Å². The summed E-state index contributed by atoms with van der Waals surface area (Å²) in [6, 6.07) is 25.9. The number of carbonyl (C=O) groups excluding carboxylic acids is 1. The molecule has 160 valence electrons. The van der Waals surface area contributed by atoms with E-state index in [2.05, 4.69) is 29.6 Å². The summed E-state index contributed by atoms with van der Waals surface area (Å²) in [5.74, 6) is 0.0616. The minimum Gasteiger partial charge on any atom is -0.352 e. The van der Waals surface area contributed by atoms with Crippen LogP contribution < -0.4 is 9.62 Å². The molecular weight excluding hydrogens is 408 g/mol. The van der Waals surface area contributed by atoms with Gasteiger partial charge in [-0.3, -0.25) is 9.10 Å². The molecule has 0 unspecified atom stereocenters. The third-order valence-electron chi connectivity index (χ3n) is 5.72. The van der Waals surface area contributed by atoms with Gasteiger partial charge in [0.05, 0.1) is 11.9 Å². The van der Waals surface area contributed by atoms with Crippen LogP contribution in [0, 0.1) is 0 Å². The van der Waals surface area contributed by atoms with Gasteiger partial charge in [0.1, 0.15) is 0 Å². The molecule has 1 N–H and O–H groups in total. The largest absolute Gasteiger partial charge is 0.352 e. The zero-order valence-corrected chi connectivity index (χ0v) is 18.3. The highest BCUT2D eigenvalue weighted by molar-refractivity contribution is 7.92. The van der Waals surface area contributed by atoms with Crippen molar-refractivity contribution in [1.29, 1.82) is 0 Å². The van der Waals surface area contributed by atoms with E-state index in [1.165, 1.54) is 21.7 Å². The van der Waals surface area contributed by atoms with Gasteiger partial charge in [0.2, 0.25) is 10.0 Å². The van der Waals surface area contributed by atoms with Gasteiger partial charge < -0.3 is 5.32 Å². The molecule has 0 fully saturated rings. The fourth-order valence-corrected chi connectivity index (χ4v) is 5.14. The number of hydrogen-bond donors (Lipinski definition) is 1. The van der Waals surface area contributed by atoms with Crippen molar-refractivity contribution in [3.63, 3.8) is 0 Å². The first-order valence-electron chi connectivity index (χ1n) is 10.4. The van der Waals surface area contributed by atoms with Gasteiger partial charge in [-0.05, 0) is 47.7 Å². The highest BCUT2D eigenvalue weighted by atomic mass is 32.2. The van der Waals surface area contributed by atoms with E-state index in [0.29, 0.717) is 30.8 Å². The summed E-state index contributed by atoms with van der Waals surface area (Å²) in [4.78, 5) is 12.7. The number of nitrogens with zero attached hydrogens (tertiary/aromatic N) is 1. The highest BCUT2D eigenvalue weighted by Gasteiger charge is 2.26. The first-order chi connectivity index (χ1) is 14.9. The Labute approximate surface area is 183 Å². The molecule has 1 aliphatic rings. The lowest BCUT2D eigenvalue weighted by atomic mass is 9.88. The van der Waals surface area contributed by atoms with Crippen LogP contribution in [-0.2, 0) is 16.4 Å². The fourth-order valence-electron chi connectivity index (χ4n) is 4.19. The first kappa shape index (κ1) is 21.1.